The van der Waals surface area contributed by atoms with Gasteiger partial charge in [-0.3, -0.25) is 4.98 Å². The van der Waals surface area contributed by atoms with E-state index in [4.69, 9.17) is 15.9 Å². The molecule has 2 aromatic carbocycles. The monoisotopic (exact) mass is 414 g/mol. The molecule has 0 bridgehead atoms. The molecule has 0 atom stereocenters. The fraction of sp³-hybridized carbons (Fsp3) is 0.200. The van der Waals surface area contributed by atoms with E-state index in [9.17, 15) is 4.39 Å². The van der Waals surface area contributed by atoms with Gasteiger partial charge in [-0.2, -0.15) is 0 Å². The Hall–Kier alpha value is -3.51. The molecular formula is C25H23FN4O. The highest BCUT2D eigenvalue weighted by Crippen LogP contribution is 2.44. The Balaban J connectivity index is 1.91. The summed E-state index contributed by atoms with van der Waals surface area (Å²) in [6.45, 7) is 1.42. The van der Waals surface area contributed by atoms with Crippen LogP contribution in [0.1, 0.15) is 30.0 Å². The Bertz CT molecular complexity index is 1240. The van der Waals surface area contributed by atoms with Crippen LogP contribution < -0.4 is 5.73 Å². The van der Waals surface area contributed by atoms with Crippen LogP contribution in [0.15, 0.2) is 60.9 Å². The second-order valence-electron chi connectivity index (χ2n) is 7.84. The summed E-state index contributed by atoms with van der Waals surface area (Å²) in [7, 11) is 0. The van der Waals surface area contributed by atoms with Crippen molar-refractivity contribution in [3.8, 4) is 16.8 Å². The minimum atomic E-state index is -0.272. The van der Waals surface area contributed by atoms with Crippen LogP contribution in [0.4, 0.5) is 10.1 Å². The Morgan fingerprint density at radius 3 is 2.45 bits per heavy atom. The molecule has 1 fully saturated rings. The number of anilines is 1. The zero-order valence-corrected chi connectivity index (χ0v) is 17.0. The zero-order chi connectivity index (χ0) is 21.4. The molecule has 1 aliphatic heterocycles. The number of hydrogen-bond donors (Lipinski definition) is 2. The second kappa shape index (κ2) is 7.96. The van der Waals surface area contributed by atoms with Crippen molar-refractivity contribution in [2.75, 3.05) is 18.9 Å². The van der Waals surface area contributed by atoms with Crippen molar-refractivity contribution in [2.45, 2.75) is 18.8 Å². The Morgan fingerprint density at radius 1 is 1.06 bits per heavy atom. The van der Waals surface area contributed by atoms with Gasteiger partial charge >= 0.3 is 0 Å². The summed E-state index contributed by atoms with van der Waals surface area (Å²) in [5, 5.41) is 8.81. The van der Waals surface area contributed by atoms with Crippen molar-refractivity contribution in [1.82, 2.24) is 9.55 Å². The molecule has 3 heterocycles. The molecule has 1 saturated heterocycles. The van der Waals surface area contributed by atoms with E-state index >= 15 is 0 Å². The number of hydrogen-bond acceptors (Lipinski definition) is 4. The third-order valence-corrected chi connectivity index (χ3v) is 6.03. The van der Waals surface area contributed by atoms with E-state index in [2.05, 4.69) is 9.55 Å². The van der Waals surface area contributed by atoms with Crippen LogP contribution in [-0.4, -0.2) is 29.0 Å². The Labute approximate surface area is 179 Å². The number of rotatable bonds is 4. The van der Waals surface area contributed by atoms with Gasteiger partial charge in [0.15, 0.2) is 0 Å². The maximum atomic E-state index is 13.7. The van der Waals surface area contributed by atoms with Crippen LogP contribution >= 0.6 is 0 Å². The summed E-state index contributed by atoms with van der Waals surface area (Å²) >= 11 is 0. The molecular weight excluding hydrogens is 391 g/mol. The fourth-order valence-corrected chi connectivity index (χ4v) is 4.56. The number of nitrogens with zero attached hydrogens (tertiary/aromatic N) is 2. The van der Waals surface area contributed by atoms with Gasteiger partial charge in [0.05, 0.1) is 5.52 Å². The van der Waals surface area contributed by atoms with Crippen molar-refractivity contribution in [1.29, 1.82) is 5.41 Å². The first-order chi connectivity index (χ1) is 15.2. The molecule has 0 amide bonds. The van der Waals surface area contributed by atoms with E-state index in [1.807, 2.05) is 24.3 Å². The van der Waals surface area contributed by atoms with Crippen LogP contribution in [0.2, 0.25) is 0 Å². The second-order valence-corrected chi connectivity index (χ2v) is 7.84. The number of nitrogen functional groups attached to an aromatic ring is 1. The minimum Gasteiger partial charge on any atom is -0.398 e. The Kier molecular flexibility index (Phi) is 5.00. The number of nitrogens with one attached hydrogen (secondary N) is 1. The number of ether oxygens (including phenoxy) is 1. The average Bonchev–Trinajstić information content (AvgIpc) is 3.14. The molecule has 3 N–H and O–H groups in total. The molecule has 6 heteroatoms. The van der Waals surface area contributed by atoms with Gasteiger partial charge in [0.2, 0.25) is 0 Å². The van der Waals surface area contributed by atoms with Gasteiger partial charge < -0.3 is 20.4 Å². The highest BCUT2D eigenvalue weighted by atomic mass is 19.1. The molecule has 0 spiro atoms. The maximum absolute atomic E-state index is 13.7. The molecule has 2 aromatic heterocycles. The lowest BCUT2D eigenvalue weighted by molar-refractivity contribution is 0.0843. The lowest BCUT2D eigenvalue weighted by Gasteiger charge is -2.25. The molecule has 4 aromatic rings. The number of halogens is 1. The molecule has 0 aliphatic carbocycles. The van der Waals surface area contributed by atoms with Gasteiger partial charge in [-0.1, -0.05) is 0 Å². The number of pyridine rings is 1. The van der Waals surface area contributed by atoms with Crippen molar-refractivity contribution >= 4 is 22.8 Å². The Morgan fingerprint density at radius 2 is 1.77 bits per heavy atom. The van der Waals surface area contributed by atoms with E-state index in [0.717, 1.165) is 46.3 Å². The summed E-state index contributed by atoms with van der Waals surface area (Å²) in [5.74, 6) is 0.00522. The smallest absolute Gasteiger partial charge is 0.123 e. The minimum absolute atomic E-state index is 0.272. The largest absolute Gasteiger partial charge is 0.398 e. The maximum Gasteiger partial charge on any atom is 0.123 e. The molecule has 5 nitrogen and oxygen atoms in total. The summed E-state index contributed by atoms with van der Waals surface area (Å²) in [4.78, 5) is 4.19. The summed E-state index contributed by atoms with van der Waals surface area (Å²) in [5.41, 5.74) is 12.7. The first kappa shape index (κ1) is 19.5. The number of benzene rings is 2. The van der Waals surface area contributed by atoms with Crippen LogP contribution in [0.5, 0.6) is 0 Å². The van der Waals surface area contributed by atoms with Crippen LogP contribution in [-0.2, 0) is 4.74 Å². The highest BCUT2D eigenvalue weighted by Gasteiger charge is 2.28. The predicted octanol–water partition coefficient (Wildman–Crippen LogP) is 5.31. The van der Waals surface area contributed by atoms with Gasteiger partial charge in [0.1, 0.15) is 5.82 Å². The van der Waals surface area contributed by atoms with Crippen molar-refractivity contribution in [3.05, 3.63) is 78.0 Å². The average molecular weight is 414 g/mol. The third kappa shape index (κ3) is 3.39. The molecule has 1 aliphatic rings. The molecule has 0 radical (unpaired) electrons. The van der Waals surface area contributed by atoms with Gasteiger partial charge in [0.25, 0.3) is 0 Å². The highest BCUT2D eigenvalue weighted by molar-refractivity contribution is 6.04. The first-order valence-electron chi connectivity index (χ1n) is 10.4. The molecule has 0 saturated carbocycles. The normalized spacial score (nSPS) is 14.7. The summed E-state index contributed by atoms with van der Waals surface area (Å²) in [6.07, 6.45) is 6.67. The van der Waals surface area contributed by atoms with Crippen molar-refractivity contribution in [2.24, 2.45) is 0 Å². The zero-order valence-electron chi connectivity index (χ0n) is 17.0. The van der Waals surface area contributed by atoms with E-state index in [0.29, 0.717) is 24.5 Å². The van der Waals surface area contributed by atoms with Crippen molar-refractivity contribution < 1.29 is 9.13 Å². The van der Waals surface area contributed by atoms with Gasteiger partial charge in [-0.25, -0.2) is 4.39 Å². The fourth-order valence-electron chi connectivity index (χ4n) is 4.56. The predicted molar refractivity (Wildman–Crippen MR) is 122 cm³/mol. The van der Waals surface area contributed by atoms with E-state index < -0.39 is 0 Å². The van der Waals surface area contributed by atoms with E-state index in [1.54, 1.807) is 24.5 Å². The van der Waals surface area contributed by atoms with E-state index in [-0.39, 0.29) is 11.7 Å². The standard InChI is InChI=1S/C25H23FN4O/c26-19-1-3-20(4-2-19)30-23-13-18(15-27)22(28)14-21(23)24(16-5-9-29-10-6-16)25(30)17-7-11-31-12-8-17/h1-6,9-10,13-15,17,27H,7-8,11-12,28H2. The summed E-state index contributed by atoms with van der Waals surface area (Å²) < 4.78 is 21.6. The summed E-state index contributed by atoms with van der Waals surface area (Å²) in [6, 6.07) is 14.5. The molecule has 156 valence electrons. The van der Waals surface area contributed by atoms with Crippen LogP contribution in [0.3, 0.4) is 0 Å². The van der Waals surface area contributed by atoms with E-state index in [1.165, 1.54) is 18.3 Å². The molecule has 31 heavy (non-hydrogen) atoms. The number of aromatic nitrogens is 2. The molecule has 5 rings (SSSR count). The lowest BCUT2D eigenvalue weighted by Crippen LogP contribution is -2.17. The lowest BCUT2D eigenvalue weighted by atomic mass is 9.90. The molecule has 0 unspecified atom stereocenters. The van der Waals surface area contributed by atoms with Gasteiger partial charge in [-0.05, 0) is 66.9 Å². The SMILES string of the molecule is N=Cc1cc2c(cc1N)c(-c1ccncc1)c(C1CCOCC1)n2-c1ccc(F)cc1. The van der Waals surface area contributed by atoms with Crippen molar-refractivity contribution in [3.63, 3.8) is 0 Å². The van der Waals surface area contributed by atoms with Gasteiger partial charge in [0, 0.05) is 71.3 Å². The topological polar surface area (TPSA) is 76.9 Å². The number of nitrogens with two attached hydrogens (primary N) is 1. The van der Waals surface area contributed by atoms with Crippen LogP contribution in [0.25, 0.3) is 27.7 Å². The quantitative estimate of drug-likeness (QED) is 0.351. The first-order valence-corrected chi connectivity index (χ1v) is 10.4. The number of fused-ring (bicyclic) bond motifs is 1. The third-order valence-electron chi connectivity index (χ3n) is 6.03. The van der Waals surface area contributed by atoms with Gasteiger partial charge in [-0.15, -0.1) is 0 Å². The van der Waals surface area contributed by atoms with Crippen LogP contribution in [0, 0.1) is 11.2 Å².